The Bertz CT molecular complexity index is 1000. The number of rotatable bonds is 5. The van der Waals surface area contributed by atoms with E-state index in [1.807, 2.05) is 30.3 Å². The fraction of sp³-hybridized carbons (Fsp3) is 0.0909. The third-order valence-corrected chi connectivity index (χ3v) is 4.04. The molecule has 1 N–H and O–H groups in total. The van der Waals surface area contributed by atoms with Crippen LogP contribution < -0.4 is 5.32 Å². The SMILES string of the molecule is O=C(COC(=O)c1ccc(-c2ccccc2)cc1)Nc1cccc(C(F)(F)F)c1. The Morgan fingerprint density at radius 1 is 0.828 bits per heavy atom. The van der Waals surface area contributed by atoms with E-state index in [-0.39, 0.29) is 11.3 Å². The molecule has 3 aromatic rings. The first-order valence-corrected chi connectivity index (χ1v) is 8.62. The third-order valence-electron chi connectivity index (χ3n) is 4.04. The monoisotopic (exact) mass is 399 g/mol. The zero-order chi connectivity index (χ0) is 20.9. The summed E-state index contributed by atoms with van der Waals surface area (Å²) in [5, 5.41) is 2.28. The minimum absolute atomic E-state index is 0.0342. The largest absolute Gasteiger partial charge is 0.452 e. The van der Waals surface area contributed by atoms with Gasteiger partial charge in [0, 0.05) is 5.69 Å². The van der Waals surface area contributed by atoms with Crippen molar-refractivity contribution in [1.82, 2.24) is 0 Å². The van der Waals surface area contributed by atoms with Crippen LogP contribution in [0.5, 0.6) is 0 Å². The van der Waals surface area contributed by atoms with Gasteiger partial charge in [-0.1, -0.05) is 48.5 Å². The maximum Gasteiger partial charge on any atom is 0.416 e. The molecule has 0 aliphatic heterocycles. The van der Waals surface area contributed by atoms with Crippen LogP contribution in [-0.2, 0) is 15.7 Å². The molecule has 0 fully saturated rings. The minimum atomic E-state index is -4.51. The van der Waals surface area contributed by atoms with Crippen LogP contribution in [0.2, 0.25) is 0 Å². The summed E-state index contributed by atoms with van der Waals surface area (Å²) in [6.07, 6.45) is -4.51. The highest BCUT2D eigenvalue weighted by atomic mass is 19.4. The summed E-state index contributed by atoms with van der Waals surface area (Å²) in [6.45, 7) is -0.616. The Labute approximate surface area is 164 Å². The average Bonchev–Trinajstić information content (AvgIpc) is 2.72. The first-order chi connectivity index (χ1) is 13.8. The van der Waals surface area contributed by atoms with Crippen LogP contribution in [-0.4, -0.2) is 18.5 Å². The van der Waals surface area contributed by atoms with Gasteiger partial charge in [-0.3, -0.25) is 4.79 Å². The summed E-state index contributed by atoms with van der Waals surface area (Å²) in [5.41, 5.74) is 1.26. The molecule has 3 rings (SSSR count). The van der Waals surface area contributed by atoms with Crippen molar-refractivity contribution in [3.63, 3.8) is 0 Å². The lowest BCUT2D eigenvalue weighted by atomic mass is 10.0. The fourth-order valence-electron chi connectivity index (χ4n) is 2.61. The molecular weight excluding hydrogens is 383 g/mol. The molecule has 7 heteroatoms. The van der Waals surface area contributed by atoms with Gasteiger partial charge in [-0.05, 0) is 41.5 Å². The minimum Gasteiger partial charge on any atom is -0.452 e. The van der Waals surface area contributed by atoms with Crippen LogP contribution in [0.25, 0.3) is 11.1 Å². The van der Waals surface area contributed by atoms with Crippen molar-refractivity contribution in [3.05, 3.63) is 90.0 Å². The molecule has 0 spiro atoms. The highest BCUT2D eigenvalue weighted by Gasteiger charge is 2.30. The fourth-order valence-corrected chi connectivity index (χ4v) is 2.61. The van der Waals surface area contributed by atoms with E-state index in [2.05, 4.69) is 5.32 Å². The summed E-state index contributed by atoms with van der Waals surface area (Å²) in [6, 6.07) is 20.5. The molecule has 0 saturated heterocycles. The number of esters is 1. The molecule has 0 saturated carbocycles. The predicted molar refractivity (Wildman–Crippen MR) is 102 cm³/mol. The lowest BCUT2D eigenvalue weighted by Crippen LogP contribution is -2.21. The Hall–Kier alpha value is -3.61. The first kappa shape index (κ1) is 20.1. The molecule has 0 bridgehead atoms. The third kappa shape index (κ3) is 5.44. The van der Waals surface area contributed by atoms with Crippen molar-refractivity contribution in [1.29, 1.82) is 0 Å². The Kier molecular flexibility index (Phi) is 5.97. The molecule has 0 aliphatic carbocycles. The second kappa shape index (κ2) is 8.60. The Morgan fingerprint density at radius 3 is 2.14 bits per heavy atom. The van der Waals surface area contributed by atoms with Gasteiger partial charge in [0.05, 0.1) is 11.1 Å². The smallest absolute Gasteiger partial charge is 0.416 e. The standard InChI is InChI=1S/C22H16F3NO3/c23-22(24,25)18-7-4-8-19(13-18)26-20(27)14-29-21(28)17-11-9-16(10-12-17)15-5-2-1-3-6-15/h1-13H,14H2,(H,26,27). The van der Waals surface area contributed by atoms with Gasteiger partial charge in [-0.15, -0.1) is 0 Å². The maximum absolute atomic E-state index is 12.7. The lowest BCUT2D eigenvalue weighted by Gasteiger charge is -2.10. The number of carbonyl (C=O) groups is 2. The summed E-state index contributed by atoms with van der Waals surface area (Å²) in [7, 11) is 0. The molecule has 29 heavy (non-hydrogen) atoms. The molecule has 3 aromatic carbocycles. The first-order valence-electron chi connectivity index (χ1n) is 8.62. The molecule has 0 atom stereocenters. The van der Waals surface area contributed by atoms with E-state index in [0.29, 0.717) is 0 Å². The van der Waals surface area contributed by atoms with Crippen molar-refractivity contribution in [2.45, 2.75) is 6.18 Å². The van der Waals surface area contributed by atoms with Crippen molar-refractivity contribution in [2.75, 3.05) is 11.9 Å². The summed E-state index contributed by atoms with van der Waals surface area (Å²) in [4.78, 5) is 24.0. The van der Waals surface area contributed by atoms with Gasteiger partial charge in [0.25, 0.3) is 5.91 Å². The number of anilines is 1. The van der Waals surface area contributed by atoms with Gasteiger partial charge in [0.15, 0.2) is 6.61 Å². The quantitative estimate of drug-likeness (QED) is 0.603. The topological polar surface area (TPSA) is 55.4 Å². The number of amides is 1. The van der Waals surface area contributed by atoms with Gasteiger partial charge < -0.3 is 10.1 Å². The van der Waals surface area contributed by atoms with Crippen LogP contribution in [0.15, 0.2) is 78.9 Å². The van der Waals surface area contributed by atoms with Crippen LogP contribution in [0.4, 0.5) is 18.9 Å². The number of hydrogen-bond acceptors (Lipinski definition) is 3. The van der Waals surface area contributed by atoms with Crippen LogP contribution in [0.1, 0.15) is 15.9 Å². The molecular formula is C22H16F3NO3. The highest BCUT2D eigenvalue weighted by molar-refractivity contribution is 5.95. The van der Waals surface area contributed by atoms with E-state index in [9.17, 15) is 22.8 Å². The molecule has 0 radical (unpaired) electrons. The van der Waals surface area contributed by atoms with E-state index < -0.39 is 30.2 Å². The molecule has 148 valence electrons. The maximum atomic E-state index is 12.7. The molecule has 0 aromatic heterocycles. The van der Waals surface area contributed by atoms with Crippen LogP contribution >= 0.6 is 0 Å². The van der Waals surface area contributed by atoms with Crippen molar-refractivity contribution < 1.29 is 27.5 Å². The van der Waals surface area contributed by atoms with E-state index in [1.54, 1.807) is 24.3 Å². The Balaban J connectivity index is 1.56. The predicted octanol–water partition coefficient (Wildman–Crippen LogP) is 5.17. The number of halogens is 3. The summed E-state index contributed by atoms with van der Waals surface area (Å²) < 4.78 is 43.0. The molecule has 0 aliphatic rings. The molecule has 0 heterocycles. The van der Waals surface area contributed by atoms with Crippen molar-refractivity contribution >= 4 is 17.6 Å². The number of benzene rings is 3. The summed E-state index contributed by atoms with van der Waals surface area (Å²) >= 11 is 0. The number of ether oxygens (including phenoxy) is 1. The van der Waals surface area contributed by atoms with Crippen LogP contribution in [0, 0.1) is 0 Å². The zero-order valence-electron chi connectivity index (χ0n) is 15.1. The second-order valence-electron chi connectivity index (χ2n) is 6.15. The van der Waals surface area contributed by atoms with Crippen LogP contribution in [0.3, 0.4) is 0 Å². The zero-order valence-corrected chi connectivity index (χ0v) is 15.1. The number of carbonyl (C=O) groups excluding carboxylic acids is 2. The second-order valence-corrected chi connectivity index (χ2v) is 6.15. The number of hydrogen-bond donors (Lipinski definition) is 1. The average molecular weight is 399 g/mol. The van der Waals surface area contributed by atoms with Gasteiger partial charge in [-0.2, -0.15) is 13.2 Å². The summed E-state index contributed by atoms with van der Waals surface area (Å²) in [5.74, 6) is -1.44. The van der Waals surface area contributed by atoms with Gasteiger partial charge in [-0.25, -0.2) is 4.79 Å². The van der Waals surface area contributed by atoms with Gasteiger partial charge >= 0.3 is 12.1 Å². The molecule has 1 amide bonds. The van der Waals surface area contributed by atoms with E-state index >= 15 is 0 Å². The highest BCUT2D eigenvalue weighted by Crippen LogP contribution is 2.30. The normalized spacial score (nSPS) is 11.0. The van der Waals surface area contributed by atoms with E-state index in [4.69, 9.17) is 4.74 Å². The molecule has 4 nitrogen and oxygen atoms in total. The number of nitrogens with one attached hydrogen (secondary N) is 1. The van der Waals surface area contributed by atoms with Crippen molar-refractivity contribution in [2.24, 2.45) is 0 Å². The van der Waals surface area contributed by atoms with Gasteiger partial charge in [0.2, 0.25) is 0 Å². The lowest BCUT2D eigenvalue weighted by molar-refractivity contribution is -0.137. The number of alkyl halides is 3. The molecule has 0 unspecified atom stereocenters. The Morgan fingerprint density at radius 2 is 1.48 bits per heavy atom. The van der Waals surface area contributed by atoms with Crippen molar-refractivity contribution in [3.8, 4) is 11.1 Å². The van der Waals surface area contributed by atoms with E-state index in [0.717, 1.165) is 23.3 Å². The van der Waals surface area contributed by atoms with E-state index in [1.165, 1.54) is 12.1 Å². The van der Waals surface area contributed by atoms with Gasteiger partial charge in [0.1, 0.15) is 0 Å².